The van der Waals surface area contributed by atoms with E-state index in [2.05, 4.69) is 61.6 Å². The topological polar surface area (TPSA) is 17.1 Å². The van der Waals surface area contributed by atoms with E-state index in [4.69, 9.17) is 0 Å². The van der Waals surface area contributed by atoms with E-state index in [1.165, 1.54) is 22.3 Å². The molecule has 2 unspecified atom stereocenters. The van der Waals surface area contributed by atoms with E-state index in [9.17, 15) is 4.79 Å². The molecule has 0 aliphatic heterocycles. The predicted octanol–water partition coefficient (Wildman–Crippen LogP) is 5.37. The Morgan fingerprint density at radius 3 is 2.50 bits per heavy atom. The van der Waals surface area contributed by atoms with Gasteiger partial charge in [-0.3, -0.25) is 4.79 Å². The number of hydrogen-bond donors (Lipinski definition) is 0. The molecule has 1 heteroatoms. The Morgan fingerprint density at radius 2 is 1.79 bits per heavy atom. The molecule has 2 atom stereocenters. The fourth-order valence-electron chi connectivity index (χ4n) is 4.10. The lowest BCUT2D eigenvalue weighted by atomic mass is 9.81. The van der Waals surface area contributed by atoms with Gasteiger partial charge in [0, 0.05) is 11.8 Å². The summed E-state index contributed by atoms with van der Waals surface area (Å²) in [5.41, 5.74) is 6.29. The zero-order valence-corrected chi connectivity index (χ0v) is 14.0. The van der Waals surface area contributed by atoms with E-state index in [0.717, 1.165) is 24.8 Å². The Bertz CT molecular complexity index is 829. The van der Waals surface area contributed by atoms with Crippen molar-refractivity contribution in [2.24, 2.45) is 5.92 Å². The van der Waals surface area contributed by atoms with Crippen molar-refractivity contribution in [1.29, 1.82) is 0 Å². The van der Waals surface area contributed by atoms with Crippen molar-refractivity contribution in [3.63, 3.8) is 0 Å². The average Bonchev–Trinajstić information content (AvgIpc) is 3.34. The number of aryl methyl sites for hydroxylation is 1. The molecule has 0 aromatic heterocycles. The summed E-state index contributed by atoms with van der Waals surface area (Å²) >= 11 is 0. The highest BCUT2D eigenvalue weighted by atomic mass is 16.1. The second-order valence-electron chi connectivity index (χ2n) is 6.90. The van der Waals surface area contributed by atoms with E-state index < -0.39 is 0 Å². The van der Waals surface area contributed by atoms with Crippen LogP contribution in [0.4, 0.5) is 0 Å². The maximum atomic E-state index is 13.1. The number of carbonyl (C=O) groups is 1. The van der Waals surface area contributed by atoms with Crippen LogP contribution >= 0.6 is 0 Å². The highest BCUT2D eigenvalue weighted by molar-refractivity contribution is 6.00. The fourth-order valence-corrected chi connectivity index (χ4v) is 4.10. The number of ketones is 1. The highest BCUT2D eigenvalue weighted by Gasteiger charge is 2.36. The van der Waals surface area contributed by atoms with Gasteiger partial charge >= 0.3 is 0 Å². The van der Waals surface area contributed by atoms with Gasteiger partial charge in [0.2, 0.25) is 0 Å². The SMILES string of the molecule is Cc1ccccc1C1CC(C2=CC=CC2)=CC1C(=O)C1=CC=CC1. The van der Waals surface area contributed by atoms with Crippen LogP contribution in [0, 0.1) is 12.8 Å². The Balaban J connectivity index is 1.69. The molecule has 0 bridgehead atoms. The second-order valence-corrected chi connectivity index (χ2v) is 6.90. The van der Waals surface area contributed by atoms with Crippen LogP contribution in [0.5, 0.6) is 0 Å². The normalized spacial score (nSPS) is 25.0. The smallest absolute Gasteiger partial charge is 0.166 e. The molecule has 3 aliphatic rings. The molecule has 3 aliphatic carbocycles. The van der Waals surface area contributed by atoms with Crippen molar-refractivity contribution in [2.75, 3.05) is 0 Å². The minimum absolute atomic E-state index is 0.0336. The third kappa shape index (κ3) is 2.65. The van der Waals surface area contributed by atoms with Crippen LogP contribution in [-0.4, -0.2) is 5.78 Å². The molecule has 0 fully saturated rings. The zero-order chi connectivity index (χ0) is 16.5. The van der Waals surface area contributed by atoms with E-state index in [1.54, 1.807) is 0 Å². The minimum atomic E-state index is -0.0336. The first-order valence-corrected chi connectivity index (χ1v) is 8.76. The van der Waals surface area contributed by atoms with Gasteiger partial charge in [0.05, 0.1) is 0 Å². The molecule has 1 aromatic carbocycles. The second kappa shape index (κ2) is 6.24. The molecule has 120 valence electrons. The molecule has 1 nitrogen and oxygen atoms in total. The first-order chi connectivity index (χ1) is 11.7. The Hall–Kier alpha value is -2.41. The third-order valence-electron chi connectivity index (χ3n) is 5.42. The van der Waals surface area contributed by atoms with Gasteiger partial charge in [-0.2, -0.15) is 0 Å². The van der Waals surface area contributed by atoms with Gasteiger partial charge in [-0.05, 0) is 54.0 Å². The molecule has 0 amide bonds. The molecule has 0 N–H and O–H groups in total. The van der Waals surface area contributed by atoms with Crippen LogP contribution in [-0.2, 0) is 4.79 Å². The number of carbonyl (C=O) groups excluding carboxylic acids is 1. The first-order valence-electron chi connectivity index (χ1n) is 8.76. The van der Waals surface area contributed by atoms with Crippen LogP contribution in [0.1, 0.15) is 36.3 Å². The Morgan fingerprint density at radius 1 is 1.00 bits per heavy atom. The summed E-state index contributed by atoms with van der Waals surface area (Å²) in [6, 6.07) is 8.52. The minimum Gasteiger partial charge on any atom is -0.294 e. The number of allylic oxidation sites excluding steroid dienone is 10. The molecular formula is C23H22O. The van der Waals surface area contributed by atoms with Gasteiger partial charge < -0.3 is 0 Å². The van der Waals surface area contributed by atoms with Crippen LogP contribution in [0.3, 0.4) is 0 Å². The van der Waals surface area contributed by atoms with E-state index in [1.807, 2.05) is 12.2 Å². The Labute approximate surface area is 143 Å². The van der Waals surface area contributed by atoms with Crippen LogP contribution in [0.2, 0.25) is 0 Å². The molecule has 0 saturated carbocycles. The van der Waals surface area contributed by atoms with Crippen molar-refractivity contribution >= 4 is 5.78 Å². The van der Waals surface area contributed by atoms with Gasteiger partial charge in [-0.15, -0.1) is 0 Å². The lowest BCUT2D eigenvalue weighted by Crippen LogP contribution is -2.19. The number of rotatable bonds is 4. The van der Waals surface area contributed by atoms with Crippen LogP contribution < -0.4 is 0 Å². The van der Waals surface area contributed by atoms with Crippen molar-refractivity contribution in [3.05, 3.63) is 94.6 Å². The lowest BCUT2D eigenvalue weighted by Gasteiger charge is -2.21. The standard InChI is InChI=1S/C23H22O/c1-16-8-2-7-13-20(16)21-14-19(17-9-3-4-10-17)15-22(21)23(24)18-11-5-6-12-18/h2-9,11,13,15,21-22H,10,12,14H2,1H3. The van der Waals surface area contributed by atoms with Gasteiger partial charge in [0.1, 0.15) is 0 Å². The number of benzene rings is 1. The summed E-state index contributed by atoms with van der Waals surface area (Å²) in [6.07, 6.45) is 17.6. The summed E-state index contributed by atoms with van der Waals surface area (Å²) in [4.78, 5) is 13.1. The fraction of sp³-hybridized carbons (Fsp3) is 0.261. The molecular weight excluding hydrogens is 292 g/mol. The van der Waals surface area contributed by atoms with Gasteiger partial charge in [-0.1, -0.05) is 66.8 Å². The van der Waals surface area contributed by atoms with Gasteiger partial charge in [0.25, 0.3) is 0 Å². The van der Waals surface area contributed by atoms with E-state index in [-0.39, 0.29) is 11.8 Å². The molecule has 1 aromatic rings. The first kappa shape index (κ1) is 15.1. The van der Waals surface area contributed by atoms with Crippen LogP contribution in [0.15, 0.2) is 83.5 Å². The maximum Gasteiger partial charge on any atom is 0.166 e. The van der Waals surface area contributed by atoms with Crippen molar-refractivity contribution in [3.8, 4) is 0 Å². The zero-order valence-electron chi connectivity index (χ0n) is 14.0. The van der Waals surface area contributed by atoms with Crippen molar-refractivity contribution in [1.82, 2.24) is 0 Å². The molecule has 0 spiro atoms. The van der Waals surface area contributed by atoms with E-state index >= 15 is 0 Å². The summed E-state index contributed by atoms with van der Waals surface area (Å²) < 4.78 is 0. The molecule has 0 heterocycles. The quantitative estimate of drug-likeness (QED) is 0.730. The van der Waals surface area contributed by atoms with Crippen molar-refractivity contribution < 1.29 is 4.79 Å². The molecule has 24 heavy (non-hydrogen) atoms. The number of Topliss-reactive ketones (excluding diaryl/α,β-unsaturated/α-hetero) is 1. The average molecular weight is 314 g/mol. The summed E-state index contributed by atoms with van der Waals surface area (Å²) in [5, 5.41) is 0. The predicted molar refractivity (Wildman–Crippen MR) is 98.8 cm³/mol. The molecule has 0 saturated heterocycles. The van der Waals surface area contributed by atoms with E-state index in [0.29, 0.717) is 5.78 Å². The lowest BCUT2D eigenvalue weighted by molar-refractivity contribution is -0.118. The van der Waals surface area contributed by atoms with Gasteiger partial charge in [0.15, 0.2) is 5.78 Å². The van der Waals surface area contributed by atoms with Crippen molar-refractivity contribution in [2.45, 2.75) is 32.1 Å². The largest absolute Gasteiger partial charge is 0.294 e. The maximum absolute atomic E-state index is 13.1. The molecule has 4 rings (SSSR count). The van der Waals surface area contributed by atoms with Crippen LogP contribution in [0.25, 0.3) is 0 Å². The summed E-state index contributed by atoms with van der Waals surface area (Å²) in [7, 11) is 0. The summed E-state index contributed by atoms with van der Waals surface area (Å²) in [5.74, 6) is 0.528. The monoisotopic (exact) mass is 314 g/mol. The summed E-state index contributed by atoms with van der Waals surface area (Å²) in [6.45, 7) is 2.15. The van der Waals surface area contributed by atoms with Gasteiger partial charge in [-0.25, -0.2) is 0 Å². The molecule has 0 radical (unpaired) electrons. The highest BCUT2D eigenvalue weighted by Crippen LogP contribution is 2.45. The Kier molecular flexibility index (Phi) is 3.93. The number of hydrogen-bond acceptors (Lipinski definition) is 1. The third-order valence-corrected chi connectivity index (χ3v) is 5.42.